The van der Waals surface area contributed by atoms with E-state index >= 15 is 0 Å². The number of rotatable bonds is 9. The van der Waals surface area contributed by atoms with Crippen molar-refractivity contribution in [3.05, 3.63) is 99.7 Å². The predicted molar refractivity (Wildman–Crippen MR) is 150 cm³/mol. The molecule has 3 aromatic carbocycles. The molecule has 2 heterocycles. The second-order valence-corrected chi connectivity index (χ2v) is 10.6. The molecule has 1 amide bonds. The molecule has 0 aliphatic carbocycles. The van der Waals surface area contributed by atoms with Crippen molar-refractivity contribution >= 4 is 17.5 Å². The molecule has 1 atom stereocenters. The van der Waals surface area contributed by atoms with Gasteiger partial charge in [-0.15, -0.1) is 0 Å². The summed E-state index contributed by atoms with van der Waals surface area (Å²) in [6, 6.07) is 21.3. The van der Waals surface area contributed by atoms with E-state index in [1.165, 1.54) is 0 Å². The van der Waals surface area contributed by atoms with Crippen molar-refractivity contribution < 1.29 is 14.3 Å². The number of ether oxygens (including phenoxy) is 2. The number of fused-ring (bicyclic) bond motifs is 1. The number of H-pyrrole nitrogens is 1. The van der Waals surface area contributed by atoms with Crippen LogP contribution in [0.3, 0.4) is 0 Å². The van der Waals surface area contributed by atoms with Gasteiger partial charge in [0.2, 0.25) is 0 Å². The van der Waals surface area contributed by atoms with Gasteiger partial charge in [0.25, 0.3) is 5.91 Å². The maximum absolute atomic E-state index is 13.7. The Morgan fingerprint density at radius 3 is 2.45 bits per heavy atom. The molecule has 196 valence electrons. The van der Waals surface area contributed by atoms with E-state index in [0.29, 0.717) is 41.3 Å². The van der Waals surface area contributed by atoms with Gasteiger partial charge in [0.15, 0.2) is 11.5 Å². The Hall–Kier alpha value is -3.77. The minimum atomic E-state index is -0.359. The molecule has 0 saturated heterocycles. The van der Waals surface area contributed by atoms with Crippen molar-refractivity contribution in [2.75, 3.05) is 13.7 Å². The zero-order valence-electron chi connectivity index (χ0n) is 22.1. The highest BCUT2D eigenvalue weighted by Gasteiger charge is 2.42. The van der Waals surface area contributed by atoms with E-state index < -0.39 is 0 Å². The first-order valence-corrected chi connectivity index (χ1v) is 13.2. The maximum Gasteiger partial charge on any atom is 0.273 e. The average molecular weight is 530 g/mol. The topological polar surface area (TPSA) is 67.5 Å². The Bertz CT molecular complexity index is 1430. The van der Waals surface area contributed by atoms with Crippen LogP contribution < -0.4 is 9.47 Å². The number of nitrogens with one attached hydrogen (secondary N) is 1. The van der Waals surface area contributed by atoms with Crippen LogP contribution in [0, 0.1) is 12.8 Å². The summed E-state index contributed by atoms with van der Waals surface area (Å²) >= 11 is 6.12. The number of amides is 1. The summed E-state index contributed by atoms with van der Waals surface area (Å²) < 4.78 is 11.8. The molecule has 7 heteroatoms. The van der Waals surface area contributed by atoms with Crippen molar-refractivity contribution in [1.29, 1.82) is 0 Å². The van der Waals surface area contributed by atoms with E-state index in [0.717, 1.165) is 39.9 Å². The lowest BCUT2D eigenvalue weighted by molar-refractivity contribution is 0.0730. The third-order valence-electron chi connectivity index (χ3n) is 6.91. The highest BCUT2D eigenvalue weighted by molar-refractivity contribution is 6.30. The number of hydrogen-bond acceptors (Lipinski definition) is 4. The zero-order valence-corrected chi connectivity index (χ0v) is 22.9. The van der Waals surface area contributed by atoms with E-state index in [4.69, 9.17) is 21.1 Å². The molecule has 5 rings (SSSR count). The van der Waals surface area contributed by atoms with Gasteiger partial charge in [0, 0.05) is 22.7 Å². The third-order valence-corrected chi connectivity index (χ3v) is 7.16. The molecule has 6 nitrogen and oxygen atoms in total. The number of aromatic amines is 1. The molecule has 0 bridgehead atoms. The minimum absolute atomic E-state index is 0.0953. The van der Waals surface area contributed by atoms with E-state index in [-0.39, 0.29) is 11.9 Å². The van der Waals surface area contributed by atoms with Crippen LogP contribution >= 0.6 is 11.6 Å². The molecule has 0 fully saturated rings. The molecule has 1 N–H and O–H groups in total. The number of aromatic nitrogens is 2. The monoisotopic (exact) mass is 529 g/mol. The van der Waals surface area contributed by atoms with Crippen molar-refractivity contribution in [1.82, 2.24) is 15.1 Å². The van der Waals surface area contributed by atoms with E-state index in [1.807, 2.05) is 59.5 Å². The molecule has 1 aromatic heterocycles. The smallest absolute Gasteiger partial charge is 0.273 e. The number of halogens is 1. The van der Waals surface area contributed by atoms with Crippen LogP contribution in [0.2, 0.25) is 5.02 Å². The summed E-state index contributed by atoms with van der Waals surface area (Å²) in [5.41, 5.74) is 6.18. The fourth-order valence-corrected chi connectivity index (χ4v) is 4.93. The van der Waals surface area contributed by atoms with Gasteiger partial charge in [-0.1, -0.05) is 73.5 Å². The summed E-state index contributed by atoms with van der Waals surface area (Å²) in [7, 11) is 1.64. The van der Waals surface area contributed by atoms with E-state index in [9.17, 15) is 4.79 Å². The molecule has 0 radical (unpaired) electrons. The van der Waals surface area contributed by atoms with Gasteiger partial charge in [-0.2, -0.15) is 5.10 Å². The maximum atomic E-state index is 13.7. The zero-order chi connectivity index (χ0) is 26.8. The van der Waals surface area contributed by atoms with Crippen molar-refractivity contribution in [2.24, 2.45) is 5.92 Å². The van der Waals surface area contributed by atoms with Crippen LogP contribution in [-0.4, -0.2) is 34.7 Å². The molecular weight excluding hydrogens is 498 g/mol. The van der Waals surface area contributed by atoms with Gasteiger partial charge >= 0.3 is 0 Å². The molecule has 1 aliphatic rings. The summed E-state index contributed by atoms with van der Waals surface area (Å²) in [5.74, 6) is 1.78. The number of benzene rings is 3. The fraction of sp³-hybridized carbons (Fsp3) is 0.290. The van der Waals surface area contributed by atoms with Crippen molar-refractivity contribution in [3.63, 3.8) is 0 Å². The van der Waals surface area contributed by atoms with Crippen LogP contribution in [0.5, 0.6) is 11.5 Å². The fourth-order valence-electron chi connectivity index (χ4n) is 4.80. The highest BCUT2D eigenvalue weighted by Crippen LogP contribution is 2.45. The number of carbonyl (C=O) groups excluding carboxylic acids is 1. The Morgan fingerprint density at radius 1 is 1.03 bits per heavy atom. The quantitative estimate of drug-likeness (QED) is 0.248. The van der Waals surface area contributed by atoms with Crippen LogP contribution in [0.25, 0.3) is 11.3 Å². The van der Waals surface area contributed by atoms with Gasteiger partial charge in [-0.25, -0.2) is 0 Å². The number of carbonyl (C=O) groups is 1. The van der Waals surface area contributed by atoms with Gasteiger partial charge in [0.05, 0.1) is 25.5 Å². The van der Waals surface area contributed by atoms with Gasteiger partial charge in [-0.05, 0) is 54.7 Å². The molecular formula is C31H32ClN3O3. The normalized spacial score (nSPS) is 14.7. The number of hydrogen-bond donors (Lipinski definition) is 1. The lowest BCUT2D eigenvalue weighted by Gasteiger charge is -2.27. The Balaban J connectivity index is 1.58. The number of methoxy groups -OCH3 is 1. The first-order chi connectivity index (χ1) is 18.4. The summed E-state index contributed by atoms with van der Waals surface area (Å²) in [5, 5.41) is 8.28. The van der Waals surface area contributed by atoms with E-state index in [1.54, 1.807) is 7.11 Å². The molecule has 1 unspecified atom stereocenters. The van der Waals surface area contributed by atoms with Crippen LogP contribution in [0.1, 0.15) is 59.1 Å². The van der Waals surface area contributed by atoms with Crippen molar-refractivity contribution in [3.8, 4) is 22.8 Å². The lowest BCUT2D eigenvalue weighted by Crippen LogP contribution is -2.29. The molecule has 4 aromatic rings. The first kappa shape index (κ1) is 25.9. The second kappa shape index (κ2) is 10.9. The minimum Gasteiger partial charge on any atom is -0.493 e. The largest absolute Gasteiger partial charge is 0.493 e. The Kier molecular flexibility index (Phi) is 7.43. The molecule has 1 aliphatic heterocycles. The van der Waals surface area contributed by atoms with Gasteiger partial charge < -0.3 is 14.4 Å². The van der Waals surface area contributed by atoms with Crippen LogP contribution in [0.4, 0.5) is 0 Å². The molecule has 0 spiro atoms. The standard InChI is InChI=1S/C31H32ClN3O3/c1-19(2)15-16-38-25-14-11-23(17-26(25)37-4)30-27-28(22-9-5-20(3)6-10-22)33-34-29(27)31(36)35(30)18-21-7-12-24(32)13-8-21/h5-14,17,19,30H,15-16,18H2,1-4H3,(H,33,34). The predicted octanol–water partition coefficient (Wildman–Crippen LogP) is 7.22. The number of aryl methyl sites for hydroxylation is 1. The Morgan fingerprint density at radius 2 is 1.76 bits per heavy atom. The summed E-state index contributed by atoms with van der Waals surface area (Å²) in [6.07, 6.45) is 0.954. The average Bonchev–Trinajstić information content (AvgIpc) is 3.45. The second-order valence-electron chi connectivity index (χ2n) is 10.1. The first-order valence-electron chi connectivity index (χ1n) is 12.9. The van der Waals surface area contributed by atoms with Gasteiger partial charge in [0.1, 0.15) is 5.69 Å². The van der Waals surface area contributed by atoms with E-state index in [2.05, 4.69) is 43.1 Å². The lowest BCUT2D eigenvalue weighted by atomic mass is 9.95. The highest BCUT2D eigenvalue weighted by atomic mass is 35.5. The van der Waals surface area contributed by atoms with Crippen molar-refractivity contribution in [2.45, 2.75) is 39.8 Å². The van der Waals surface area contributed by atoms with Crippen LogP contribution in [-0.2, 0) is 6.54 Å². The van der Waals surface area contributed by atoms with Crippen LogP contribution in [0.15, 0.2) is 66.7 Å². The SMILES string of the molecule is COc1cc(C2c3c(-c4ccc(C)cc4)n[nH]c3C(=O)N2Cc2ccc(Cl)cc2)ccc1OCCC(C)C. The summed E-state index contributed by atoms with van der Waals surface area (Å²) in [4.78, 5) is 15.6. The molecule has 38 heavy (non-hydrogen) atoms. The summed E-state index contributed by atoms with van der Waals surface area (Å²) in [6.45, 7) is 7.43. The third kappa shape index (κ3) is 5.14. The van der Waals surface area contributed by atoms with Gasteiger partial charge in [-0.3, -0.25) is 9.89 Å². The molecule has 0 saturated carbocycles. The number of nitrogens with zero attached hydrogens (tertiary/aromatic N) is 2. The Labute approximate surface area is 228 Å².